The van der Waals surface area contributed by atoms with Crippen molar-refractivity contribution in [3.63, 3.8) is 0 Å². The number of nitrogens with zero attached hydrogens (tertiary/aromatic N) is 3. The molecule has 0 aliphatic carbocycles. The number of hydrogen-bond acceptors (Lipinski definition) is 6. The Hall–Kier alpha value is -1.70. The Morgan fingerprint density at radius 3 is 2.92 bits per heavy atom. The van der Waals surface area contributed by atoms with Gasteiger partial charge in [0.25, 0.3) is 0 Å². The summed E-state index contributed by atoms with van der Waals surface area (Å²) in [6.45, 7) is 4.84. The van der Waals surface area contributed by atoms with Crippen LogP contribution in [0.3, 0.4) is 0 Å². The molecular weight excluding hydrogens is 348 g/mol. The van der Waals surface area contributed by atoms with Gasteiger partial charge in [-0.3, -0.25) is 9.69 Å². The Kier molecular flexibility index (Phi) is 5.67. The molecule has 1 unspecified atom stereocenters. The van der Waals surface area contributed by atoms with Crippen LogP contribution in [0.25, 0.3) is 10.9 Å². The van der Waals surface area contributed by atoms with Gasteiger partial charge in [0.2, 0.25) is 5.91 Å². The quantitative estimate of drug-likeness (QED) is 0.830. The lowest BCUT2D eigenvalue weighted by atomic mass is 10.2. The first kappa shape index (κ1) is 17.7. The number of aromatic nitrogens is 2. The van der Waals surface area contributed by atoms with E-state index in [4.69, 9.17) is 14.7 Å². The Labute approximate surface area is 157 Å². The van der Waals surface area contributed by atoms with E-state index in [9.17, 15) is 4.79 Å². The van der Waals surface area contributed by atoms with E-state index in [-0.39, 0.29) is 11.2 Å². The number of para-hydroxylation sites is 1. The number of carbonyl (C=O) groups excluding carboxylic acids is 1. The van der Waals surface area contributed by atoms with Gasteiger partial charge in [0.15, 0.2) is 0 Å². The van der Waals surface area contributed by atoms with Crippen LogP contribution < -0.4 is 5.32 Å². The molecule has 1 atom stereocenters. The Bertz CT molecular complexity index is 779. The van der Waals surface area contributed by atoms with Gasteiger partial charge in [-0.1, -0.05) is 36.4 Å². The van der Waals surface area contributed by atoms with Gasteiger partial charge >= 0.3 is 0 Å². The third-order valence-corrected chi connectivity index (χ3v) is 6.09. The molecular formula is C19H24N4O2S. The summed E-state index contributed by atoms with van der Waals surface area (Å²) in [5.74, 6) is 0.951. The zero-order chi connectivity index (χ0) is 17.8. The van der Waals surface area contributed by atoms with Crippen LogP contribution in [0.4, 0.5) is 0 Å². The molecule has 3 heterocycles. The van der Waals surface area contributed by atoms with Gasteiger partial charge in [-0.2, -0.15) is 0 Å². The average Bonchev–Trinajstić information content (AvgIpc) is 2.87. The molecule has 0 spiro atoms. The largest absolute Gasteiger partial charge is 0.379 e. The van der Waals surface area contributed by atoms with Crippen molar-refractivity contribution in [2.24, 2.45) is 0 Å². The molecule has 2 aliphatic rings. The number of nitrogens with one attached hydrogen (secondary N) is 1. The van der Waals surface area contributed by atoms with Crippen LogP contribution in [0.15, 0.2) is 29.3 Å². The summed E-state index contributed by atoms with van der Waals surface area (Å²) in [6, 6.07) is 8.08. The van der Waals surface area contributed by atoms with Crippen molar-refractivity contribution < 1.29 is 9.53 Å². The first-order valence-electron chi connectivity index (χ1n) is 9.30. The van der Waals surface area contributed by atoms with E-state index in [0.717, 1.165) is 80.4 Å². The Balaban J connectivity index is 1.62. The normalized spacial score (nSPS) is 22.2. The molecule has 0 radical (unpaired) electrons. The third kappa shape index (κ3) is 4.16. The van der Waals surface area contributed by atoms with Gasteiger partial charge in [-0.15, -0.1) is 0 Å². The second-order valence-corrected chi connectivity index (χ2v) is 7.94. The Morgan fingerprint density at radius 1 is 1.19 bits per heavy atom. The number of ether oxygens (including phenoxy) is 1. The van der Waals surface area contributed by atoms with Crippen molar-refractivity contribution in [3.8, 4) is 0 Å². The van der Waals surface area contributed by atoms with E-state index in [1.165, 1.54) is 0 Å². The molecule has 1 aromatic heterocycles. The molecule has 7 heteroatoms. The zero-order valence-electron chi connectivity index (χ0n) is 14.8. The second-order valence-electron chi connectivity index (χ2n) is 6.74. The van der Waals surface area contributed by atoms with Crippen molar-refractivity contribution >= 4 is 28.6 Å². The van der Waals surface area contributed by atoms with Crippen molar-refractivity contribution in [2.45, 2.75) is 36.1 Å². The molecule has 2 fully saturated rings. The molecule has 1 amide bonds. The summed E-state index contributed by atoms with van der Waals surface area (Å²) in [7, 11) is 0. The number of amides is 1. The fourth-order valence-corrected chi connectivity index (χ4v) is 4.57. The summed E-state index contributed by atoms with van der Waals surface area (Å²) in [5, 5.41) is 4.89. The smallest absolute Gasteiger partial charge is 0.233 e. The molecule has 26 heavy (non-hydrogen) atoms. The van der Waals surface area contributed by atoms with Gasteiger partial charge in [0.1, 0.15) is 10.9 Å². The van der Waals surface area contributed by atoms with Crippen molar-refractivity contribution in [1.29, 1.82) is 0 Å². The van der Waals surface area contributed by atoms with Gasteiger partial charge in [-0.05, 0) is 18.9 Å². The lowest BCUT2D eigenvalue weighted by Gasteiger charge is -2.26. The first-order valence-corrected chi connectivity index (χ1v) is 10.2. The lowest BCUT2D eigenvalue weighted by molar-refractivity contribution is -0.120. The first-order chi connectivity index (χ1) is 12.8. The minimum absolute atomic E-state index is 0.0768. The monoisotopic (exact) mass is 372 g/mol. The maximum absolute atomic E-state index is 12.4. The highest BCUT2D eigenvalue weighted by Crippen LogP contribution is 2.32. The summed E-state index contributed by atoms with van der Waals surface area (Å²) in [5.41, 5.74) is 0.947. The summed E-state index contributed by atoms with van der Waals surface area (Å²) in [4.78, 5) is 24.3. The average molecular weight is 372 g/mol. The van der Waals surface area contributed by atoms with Crippen molar-refractivity contribution in [2.75, 3.05) is 32.8 Å². The van der Waals surface area contributed by atoms with E-state index in [2.05, 4.69) is 10.2 Å². The van der Waals surface area contributed by atoms with Crippen LogP contribution >= 0.6 is 11.8 Å². The molecule has 2 aliphatic heterocycles. The zero-order valence-corrected chi connectivity index (χ0v) is 15.6. The fourth-order valence-electron chi connectivity index (χ4n) is 3.37. The minimum Gasteiger partial charge on any atom is -0.379 e. The molecule has 4 rings (SSSR count). The van der Waals surface area contributed by atoms with E-state index in [1.807, 2.05) is 24.3 Å². The fraction of sp³-hybridized carbons (Fsp3) is 0.526. The van der Waals surface area contributed by atoms with E-state index < -0.39 is 0 Å². The highest BCUT2D eigenvalue weighted by molar-refractivity contribution is 8.00. The van der Waals surface area contributed by atoms with E-state index >= 15 is 0 Å². The van der Waals surface area contributed by atoms with Gasteiger partial charge in [0, 0.05) is 25.0 Å². The van der Waals surface area contributed by atoms with Crippen molar-refractivity contribution in [1.82, 2.24) is 20.2 Å². The van der Waals surface area contributed by atoms with Gasteiger partial charge in [-0.25, -0.2) is 9.97 Å². The Morgan fingerprint density at radius 2 is 2.04 bits per heavy atom. The van der Waals surface area contributed by atoms with Crippen LogP contribution in [0, 0.1) is 0 Å². The van der Waals surface area contributed by atoms with Gasteiger partial charge < -0.3 is 10.1 Å². The third-order valence-electron chi connectivity index (χ3n) is 4.82. The predicted octanol–water partition coefficient (Wildman–Crippen LogP) is 2.22. The van der Waals surface area contributed by atoms with E-state index in [1.54, 1.807) is 11.8 Å². The van der Waals surface area contributed by atoms with Crippen LogP contribution in [-0.2, 0) is 16.1 Å². The predicted molar refractivity (Wildman–Crippen MR) is 102 cm³/mol. The number of fused-ring (bicyclic) bond motifs is 1. The molecule has 138 valence electrons. The number of benzene rings is 1. The summed E-state index contributed by atoms with van der Waals surface area (Å²) >= 11 is 1.59. The van der Waals surface area contributed by atoms with Gasteiger partial charge in [0.05, 0.1) is 30.5 Å². The highest BCUT2D eigenvalue weighted by Gasteiger charge is 2.24. The van der Waals surface area contributed by atoms with E-state index in [0.29, 0.717) is 0 Å². The molecule has 2 aromatic rings. The maximum atomic E-state index is 12.4. The molecule has 2 saturated heterocycles. The van der Waals surface area contributed by atoms with Crippen LogP contribution in [0.5, 0.6) is 0 Å². The standard InChI is InChI=1S/C19H24N4O2S/c24-18-16(7-3-4-8-20-18)26-19-14-5-1-2-6-15(14)21-17(22-19)13-23-9-11-25-12-10-23/h1-2,5-6,16H,3-4,7-13H2,(H,20,24). The molecule has 0 saturated carbocycles. The number of carbonyl (C=O) groups is 1. The molecule has 1 N–H and O–H groups in total. The van der Waals surface area contributed by atoms with Crippen LogP contribution in [0.2, 0.25) is 0 Å². The van der Waals surface area contributed by atoms with Crippen molar-refractivity contribution in [3.05, 3.63) is 30.1 Å². The highest BCUT2D eigenvalue weighted by atomic mass is 32.2. The number of hydrogen-bond donors (Lipinski definition) is 1. The summed E-state index contributed by atoms with van der Waals surface area (Å²) < 4.78 is 5.42. The number of morpholine rings is 1. The SMILES string of the molecule is O=C1NCCCCC1Sc1nc(CN2CCOCC2)nc2ccccc12. The van der Waals surface area contributed by atoms with Crippen LogP contribution in [-0.4, -0.2) is 58.9 Å². The summed E-state index contributed by atoms with van der Waals surface area (Å²) in [6.07, 6.45) is 3.02. The molecule has 6 nitrogen and oxygen atoms in total. The topological polar surface area (TPSA) is 67.4 Å². The number of thioether (sulfide) groups is 1. The minimum atomic E-state index is -0.0768. The van der Waals surface area contributed by atoms with Crippen LogP contribution in [0.1, 0.15) is 25.1 Å². The number of rotatable bonds is 4. The maximum Gasteiger partial charge on any atom is 0.233 e. The molecule has 0 bridgehead atoms. The molecule has 1 aromatic carbocycles. The lowest BCUT2D eigenvalue weighted by Crippen LogP contribution is -2.36. The second kappa shape index (κ2) is 8.33.